The van der Waals surface area contributed by atoms with Crippen molar-refractivity contribution in [2.75, 3.05) is 13.2 Å². The van der Waals surface area contributed by atoms with E-state index in [9.17, 15) is 14.4 Å². The van der Waals surface area contributed by atoms with Crippen LogP contribution in [-0.4, -0.2) is 37.2 Å². The maximum Gasteiger partial charge on any atom is 0.306 e. The van der Waals surface area contributed by atoms with Crippen LogP contribution >= 0.6 is 0 Å². The minimum Gasteiger partial charge on any atom is -0.462 e. The largest absolute Gasteiger partial charge is 0.462 e. The molecule has 6 nitrogen and oxygen atoms in total. The summed E-state index contributed by atoms with van der Waals surface area (Å²) in [5.41, 5.74) is 0. The zero-order chi connectivity index (χ0) is 59.9. The van der Waals surface area contributed by atoms with E-state index < -0.39 is 6.10 Å². The lowest BCUT2D eigenvalue weighted by Crippen LogP contribution is -2.30. The molecule has 1 atom stereocenters. The molecule has 0 N–H and O–H groups in total. The highest BCUT2D eigenvalue weighted by Crippen LogP contribution is 2.17. The molecule has 0 bridgehead atoms. The first-order chi connectivity index (χ1) is 41.0. The third-order valence-corrected chi connectivity index (χ3v) is 14.9. The standard InChI is InChI=1S/C77H130O6/c1-4-7-10-13-16-19-22-25-28-31-33-35-37-38-40-41-43-46-49-52-55-58-61-64-67-70-76(79)82-73-74(72-81-75(78)69-66-63-60-57-54-51-48-45-30-27-24-21-18-15-12-9-6-3)83-77(80)71-68-65-62-59-56-53-50-47-44-42-39-36-34-32-29-26-23-20-17-14-11-8-5-2/h7,9-10,12,16,18-19,21,25,27-28,30,32-35,48,51,57,60,74H,4-6,8,11,13-15,17,20,22-24,26,29,31,36-47,49-50,52-56,58-59,61-73H2,1-3H3/b10-7-,12-9-,19-16-,21-18-,28-25-,30-27-,34-32-,35-33-,51-48-,60-57-. The number of carbonyl (C=O) groups is 3. The van der Waals surface area contributed by atoms with Gasteiger partial charge in [-0.15, -0.1) is 0 Å². The summed E-state index contributed by atoms with van der Waals surface area (Å²) < 4.78 is 16.9. The lowest BCUT2D eigenvalue weighted by Gasteiger charge is -2.18. The molecule has 0 spiro atoms. The molecule has 0 amide bonds. The number of allylic oxidation sites excluding steroid dienone is 20. The number of hydrogen-bond acceptors (Lipinski definition) is 6. The lowest BCUT2D eigenvalue weighted by molar-refractivity contribution is -0.167. The third-order valence-electron chi connectivity index (χ3n) is 14.9. The minimum atomic E-state index is -0.807. The molecule has 6 heteroatoms. The summed E-state index contributed by atoms with van der Waals surface area (Å²) in [4.78, 5) is 38.5. The van der Waals surface area contributed by atoms with E-state index in [0.29, 0.717) is 19.3 Å². The van der Waals surface area contributed by atoms with Crippen LogP contribution in [0.5, 0.6) is 0 Å². The van der Waals surface area contributed by atoms with Crippen molar-refractivity contribution in [2.45, 2.75) is 335 Å². The second-order valence-corrected chi connectivity index (χ2v) is 23.0. The van der Waals surface area contributed by atoms with E-state index in [0.717, 1.165) is 103 Å². The summed E-state index contributed by atoms with van der Waals surface area (Å²) in [6.45, 7) is 6.40. The molecule has 0 fully saturated rings. The fraction of sp³-hybridized carbons (Fsp3) is 0.701. The molecule has 0 heterocycles. The SMILES string of the molecule is CC/C=C\C/C=C\C/C=C\C/C=C\C/C=C\CCCC(=O)OCC(COC(=O)CCCCCCCCCCCCCC/C=C\C/C=C\C/C=C\C/C=C\CC)OC(=O)CCCCCCCCCCCCC/C=C\CCCCCCCCCC. The van der Waals surface area contributed by atoms with Gasteiger partial charge in [-0.25, -0.2) is 0 Å². The molecular formula is C77H130O6. The predicted molar refractivity (Wildman–Crippen MR) is 362 cm³/mol. The molecule has 1 unspecified atom stereocenters. The Balaban J connectivity index is 4.40. The quantitative estimate of drug-likeness (QED) is 0.0261. The van der Waals surface area contributed by atoms with Gasteiger partial charge >= 0.3 is 17.9 Å². The Bertz CT molecular complexity index is 1700. The molecule has 0 radical (unpaired) electrons. The highest BCUT2D eigenvalue weighted by Gasteiger charge is 2.19. The molecule has 83 heavy (non-hydrogen) atoms. The van der Waals surface area contributed by atoms with Crippen molar-refractivity contribution < 1.29 is 28.6 Å². The van der Waals surface area contributed by atoms with Gasteiger partial charge in [-0.1, -0.05) is 309 Å². The second kappa shape index (κ2) is 70.3. The van der Waals surface area contributed by atoms with Crippen LogP contribution in [0.2, 0.25) is 0 Å². The lowest BCUT2D eigenvalue weighted by atomic mass is 10.0. The first kappa shape index (κ1) is 78.8. The van der Waals surface area contributed by atoms with E-state index in [1.807, 2.05) is 0 Å². The van der Waals surface area contributed by atoms with Crippen molar-refractivity contribution in [3.63, 3.8) is 0 Å². The Hall–Kier alpha value is -4.19. The molecule has 0 saturated heterocycles. The van der Waals surface area contributed by atoms with Gasteiger partial charge in [-0.2, -0.15) is 0 Å². The molecule has 0 aromatic rings. The highest BCUT2D eigenvalue weighted by atomic mass is 16.6. The molecule has 0 aromatic carbocycles. The number of hydrogen-bond donors (Lipinski definition) is 0. The number of esters is 3. The second-order valence-electron chi connectivity index (χ2n) is 23.0. The first-order valence-electron chi connectivity index (χ1n) is 35.0. The van der Waals surface area contributed by atoms with Crippen LogP contribution in [0, 0.1) is 0 Å². The minimum absolute atomic E-state index is 0.0976. The van der Waals surface area contributed by atoms with Gasteiger partial charge in [0.05, 0.1) is 0 Å². The molecule has 0 aliphatic carbocycles. The third kappa shape index (κ3) is 68.5. The smallest absolute Gasteiger partial charge is 0.306 e. The van der Waals surface area contributed by atoms with Crippen LogP contribution in [0.3, 0.4) is 0 Å². The molecule has 474 valence electrons. The zero-order valence-electron chi connectivity index (χ0n) is 54.4. The molecule has 0 aliphatic heterocycles. The maximum absolute atomic E-state index is 13.0. The summed E-state index contributed by atoms with van der Waals surface area (Å²) in [6.07, 6.45) is 98.0. The fourth-order valence-electron chi connectivity index (χ4n) is 9.76. The Labute approximate surface area is 513 Å². The van der Waals surface area contributed by atoms with Gasteiger partial charge in [-0.05, 0) is 122 Å². The average Bonchev–Trinajstić information content (AvgIpc) is 3.49. The van der Waals surface area contributed by atoms with Crippen molar-refractivity contribution in [3.05, 3.63) is 122 Å². The van der Waals surface area contributed by atoms with E-state index in [4.69, 9.17) is 14.2 Å². The van der Waals surface area contributed by atoms with Crippen molar-refractivity contribution >= 4 is 17.9 Å². The van der Waals surface area contributed by atoms with Gasteiger partial charge in [-0.3, -0.25) is 14.4 Å². The van der Waals surface area contributed by atoms with Crippen LogP contribution in [0.4, 0.5) is 0 Å². The Kier molecular flexibility index (Phi) is 66.7. The molecular weight excluding hydrogens is 1020 g/mol. The van der Waals surface area contributed by atoms with Crippen molar-refractivity contribution in [1.29, 1.82) is 0 Å². The fourth-order valence-corrected chi connectivity index (χ4v) is 9.76. The Morgan fingerprint density at radius 2 is 0.482 bits per heavy atom. The highest BCUT2D eigenvalue weighted by molar-refractivity contribution is 5.71. The van der Waals surface area contributed by atoms with Crippen LogP contribution in [0.25, 0.3) is 0 Å². The number of unbranched alkanes of at least 4 members (excludes halogenated alkanes) is 32. The predicted octanol–water partition coefficient (Wildman–Crippen LogP) is 24.3. The average molecular weight is 1150 g/mol. The summed E-state index contributed by atoms with van der Waals surface area (Å²) in [6, 6.07) is 0. The van der Waals surface area contributed by atoms with E-state index in [2.05, 4.69) is 142 Å². The van der Waals surface area contributed by atoms with Crippen molar-refractivity contribution in [3.8, 4) is 0 Å². The van der Waals surface area contributed by atoms with E-state index in [1.165, 1.54) is 180 Å². The zero-order valence-corrected chi connectivity index (χ0v) is 54.4. The summed E-state index contributed by atoms with van der Waals surface area (Å²) in [5, 5.41) is 0. The van der Waals surface area contributed by atoms with E-state index >= 15 is 0 Å². The van der Waals surface area contributed by atoms with E-state index in [-0.39, 0.29) is 37.5 Å². The first-order valence-corrected chi connectivity index (χ1v) is 35.0. The van der Waals surface area contributed by atoms with Crippen LogP contribution in [0.15, 0.2) is 122 Å². The van der Waals surface area contributed by atoms with Gasteiger partial charge < -0.3 is 14.2 Å². The van der Waals surface area contributed by atoms with Crippen LogP contribution < -0.4 is 0 Å². The van der Waals surface area contributed by atoms with Gasteiger partial charge in [0.2, 0.25) is 0 Å². The number of ether oxygens (including phenoxy) is 3. The van der Waals surface area contributed by atoms with Crippen LogP contribution in [-0.2, 0) is 28.6 Å². The Morgan fingerprint density at radius 3 is 0.795 bits per heavy atom. The molecule has 0 aliphatic rings. The molecule has 0 saturated carbocycles. The normalized spacial score (nSPS) is 12.9. The topological polar surface area (TPSA) is 78.9 Å². The summed E-state index contributed by atoms with van der Waals surface area (Å²) in [7, 11) is 0. The number of rotatable bonds is 63. The Morgan fingerprint density at radius 1 is 0.253 bits per heavy atom. The molecule has 0 aromatic heterocycles. The summed E-state index contributed by atoms with van der Waals surface area (Å²) >= 11 is 0. The molecule has 0 rings (SSSR count). The van der Waals surface area contributed by atoms with Crippen molar-refractivity contribution in [1.82, 2.24) is 0 Å². The van der Waals surface area contributed by atoms with Gasteiger partial charge in [0, 0.05) is 19.3 Å². The monoisotopic (exact) mass is 1150 g/mol. The van der Waals surface area contributed by atoms with Crippen molar-refractivity contribution in [2.24, 2.45) is 0 Å². The van der Waals surface area contributed by atoms with E-state index in [1.54, 1.807) is 0 Å². The van der Waals surface area contributed by atoms with Gasteiger partial charge in [0.15, 0.2) is 6.10 Å². The summed E-state index contributed by atoms with van der Waals surface area (Å²) in [5.74, 6) is -0.950. The van der Waals surface area contributed by atoms with Gasteiger partial charge in [0.1, 0.15) is 13.2 Å². The maximum atomic E-state index is 13.0. The number of carbonyl (C=O) groups excluding carboxylic acids is 3. The van der Waals surface area contributed by atoms with Gasteiger partial charge in [0.25, 0.3) is 0 Å². The van der Waals surface area contributed by atoms with Crippen LogP contribution in [0.1, 0.15) is 329 Å².